The number of nitrogens with two attached hydrogens (primary N) is 1. The van der Waals surface area contributed by atoms with E-state index < -0.39 is 0 Å². The first-order chi connectivity index (χ1) is 8.63. The Kier molecular flexibility index (Phi) is 6.67. The highest BCUT2D eigenvalue weighted by Gasteiger charge is 2.24. The maximum atomic E-state index is 11.8. The Morgan fingerprint density at radius 1 is 1.33 bits per heavy atom. The van der Waals surface area contributed by atoms with Crippen molar-refractivity contribution >= 4 is 11.8 Å². The van der Waals surface area contributed by atoms with Crippen molar-refractivity contribution < 1.29 is 9.59 Å². The van der Waals surface area contributed by atoms with Gasteiger partial charge in [-0.15, -0.1) is 0 Å². The molecule has 1 aliphatic heterocycles. The molecule has 2 amide bonds. The number of hydrogen-bond acceptors (Lipinski definition) is 4. The molecule has 18 heavy (non-hydrogen) atoms. The predicted molar refractivity (Wildman–Crippen MR) is 69.9 cm³/mol. The van der Waals surface area contributed by atoms with E-state index in [1.54, 1.807) is 0 Å². The number of likely N-dealkylation sites (tertiary alicyclic amines) is 1. The van der Waals surface area contributed by atoms with Crippen molar-refractivity contribution in [2.75, 3.05) is 39.3 Å². The van der Waals surface area contributed by atoms with E-state index in [1.165, 1.54) is 6.92 Å². The highest BCUT2D eigenvalue weighted by molar-refractivity contribution is 5.78. The summed E-state index contributed by atoms with van der Waals surface area (Å²) in [5, 5.41) is 5.61. The molecule has 0 aromatic rings. The average Bonchev–Trinajstić information content (AvgIpc) is 2.36. The van der Waals surface area contributed by atoms with Crippen LogP contribution in [0.4, 0.5) is 0 Å². The van der Waals surface area contributed by atoms with Crippen LogP contribution in [-0.2, 0) is 9.59 Å². The molecule has 0 saturated carbocycles. The minimum Gasteiger partial charge on any atom is -0.355 e. The Bertz CT molecular complexity index is 283. The van der Waals surface area contributed by atoms with Crippen molar-refractivity contribution in [2.45, 2.75) is 19.8 Å². The van der Waals surface area contributed by atoms with E-state index in [-0.39, 0.29) is 17.7 Å². The molecule has 104 valence electrons. The fourth-order valence-electron chi connectivity index (χ4n) is 2.20. The van der Waals surface area contributed by atoms with Crippen LogP contribution in [-0.4, -0.2) is 56.0 Å². The number of carbonyl (C=O) groups is 2. The Morgan fingerprint density at radius 3 is 2.78 bits per heavy atom. The van der Waals surface area contributed by atoms with Crippen molar-refractivity contribution in [3.05, 3.63) is 0 Å². The van der Waals surface area contributed by atoms with E-state index in [1.807, 2.05) is 0 Å². The maximum Gasteiger partial charge on any atom is 0.224 e. The molecule has 1 heterocycles. The summed E-state index contributed by atoms with van der Waals surface area (Å²) in [7, 11) is 0. The summed E-state index contributed by atoms with van der Waals surface area (Å²) in [6.45, 7) is 5.76. The molecular formula is C12H24N4O2. The molecule has 1 saturated heterocycles. The molecule has 0 aromatic carbocycles. The zero-order chi connectivity index (χ0) is 13.4. The van der Waals surface area contributed by atoms with Crippen LogP contribution >= 0.6 is 0 Å². The maximum absolute atomic E-state index is 11.8. The molecule has 6 nitrogen and oxygen atoms in total. The lowest BCUT2D eigenvalue weighted by Gasteiger charge is -2.31. The Balaban J connectivity index is 2.27. The fraction of sp³-hybridized carbons (Fsp3) is 0.833. The fourth-order valence-corrected chi connectivity index (χ4v) is 2.20. The molecule has 1 atom stereocenters. The second-order valence-electron chi connectivity index (χ2n) is 4.70. The van der Waals surface area contributed by atoms with Gasteiger partial charge < -0.3 is 21.3 Å². The third kappa shape index (κ3) is 5.46. The Morgan fingerprint density at radius 2 is 2.11 bits per heavy atom. The SMILES string of the molecule is CC(=O)NCCN1CCCC(C(=O)NCCN)C1. The summed E-state index contributed by atoms with van der Waals surface area (Å²) >= 11 is 0. The van der Waals surface area contributed by atoms with Crippen LogP contribution in [0, 0.1) is 5.92 Å². The molecule has 0 spiro atoms. The largest absolute Gasteiger partial charge is 0.355 e. The lowest BCUT2D eigenvalue weighted by molar-refractivity contribution is -0.126. The van der Waals surface area contributed by atoms with Gasteiger partial charge in [0.2, 0.25) is 11.8 Å². The lowest BCUT2D eigenvalue weighted by atomic mass is 9.97. The van der Waals surface area contributed by atoms with E-state index in [4.69, 9.17) is 5.73 Å². The summed E-state index contributed by atoms with van der Waals surface area (Å²) in [6, 6.07) is 0. The Labute approximate surface area is 108 Å². The first-order valence-electron chi connectivity index (χ1n) is 6.58. The van der Waals surface area contributed by atoms with Crippen LogP contribution in [0.2, 0.25) is 0 Å². The average molecular weight is 256 g/mol. The number of piperidine rings is 1. The molecular weight excluding hydrogens is 232 g/mol. The van der Waals surface area contributed by atoms with Gasteiger partial charge >= 0.3 is 0 Å². The zero-order valence-corrected chi connectivity index (χ0v) is 11.1. The van der Waals surface area contributed by atoms with Gasteiger partial charge in [-0.05, 0) is 19.4 Å². The number of hydrogen-bond donors (Lipinski definition) is 3. The molecule has 0 bridgehead atoms. The first-order valence-corrected chi connectivity index (χ1v) is 6.58. The van der Waals surface area contributed by atoms with Crippen molar-refractivity contribution in [3.63, 3.8) is 0 Å². The minimum atomic E-state index is -0.00996. The van der Waals surface area contributed by atoms with Gasteiger partial charge in [-0.3, -0.25) is 9.59 Å². The topological polar surface area (TPSA) is 87.5 Å². The number of amides is 2. The molecule has 1 fully saturated rings. The molecule has 0 aliphatic carbocycles. The van der Waals surface area contributed by atoms with Crippen molar-refractivity contribution in [1.29, 1.82) is 0 Å². The lowest BCUT2D eigenvalue weighted by Crippen LogP contribution is -2.45. The molecule has 6 heteroatoms. The molecule has 1 rings (SSSR count). The number of nitrogens with zero attached hydrogens (tertiary/aromatic N) is 1. The highest BCUT2D eigenvalue weighted by atomic mass is 16.2. The molecule has 0 radical (unpaired) electrons. The number of rotatable bonds is 6. The number of nitrogens with one attached hydrogen (secondary N) is 2. The summed E-state index contributed by atoms with van der Waals surface area (Å²) in [6.07, 6.45) is 1.97. The van der Waals surface area contributed by atoms with Crippen LogP contribution in [0.3, 0.4) is 0 Å². The van der Waals surface area contributed by atoms with Gasteiger partial charge in [-0.2, -0.15) is 0 Å². The highest BCUT2D eigenvalue weighted by Crippen LogP contribution is 2.15. The van der Waals surface area contributed by atoms with Crippen molar-refractivity contribution in [3.8, 4) is 0 Å². The van der Waals surface area contributed by atoms with E-state index in [0.29, 0.717) is 19.6 Å². The molecule has 1 aliphatic rings. The second-order valence-corrected chi connectivity index (χ2v) is 4.70. The standard InChI is InChI=1S/C12H24N4O2/c1-10(17)14-6-8-16-7-2-3-11(9-16)12(18)15-5-4-13/h11H,2-9,13H2,1H3,(H,14,17)(H,15,18). The normalized spacial score (nSPS) is 20.4. The summed E-state index contributed by atoms with van der Waals surface area (Å²) in [5.41, 5.74) is 5.36. The van der Waals surface area contributed by atoms with E-state index in [2.05, 4.69) is 15.5 Å². The quantitative estimate of drug-likeness (QED) is 0.563. The summed E-state index contributed by atoms with van der Waals surface area (Å²) in [5.74, 6) is 0.150. The number of carbonyl (C=O) groups excluding carboxylic acids is 2. The van der Waals surface area contributed by atoms with Crippen molar-refractivity contribution in [2.24, 2.45) is 11.7 Å². The van der Waals surface area contributed by atoms with Crippen LogP contribution < -0.4 is 16.4 Å². The second kappa shape index (κ2) is 8.05. The molecule has 1 unspecified atom stereocenters. The third-order valence-electron chi connectivity index (χ3n) is 3.12. The third-order valence-corrected chi connectivity index (χ3v) is 3.12. The first kappa shape index (κ1) is 14.9. The van der Waals surface area contributed by atoms with Gasteiger partial charge in [-0.25, -0.2) is 0 Å². The van der Waals surface area contributed by atoms with E-state index in [9.17, 15) is 9.59 Å². The van der Waals surface area contributed by atoms with Gasteiger partial charge in [0.05, 0.1) is 5.92 Å². The molecule has 4 N–H and O–H groups in total. The zero-order valence-electron chi connectivity index (χ0n) is 11.1. The van der Waals surface area contributed by atoms with Gasteiger partial charge in [0.15, 0.2) is 0 Å². The van der Waals surface area contributed by atoms with Gasteiger partial charge in [0, 0.05) is 39.6 Å². The van der Waals surface area contributed by atoms with Gasteiger partial charge in [0.1, 0.15) is 0 Å². The molecule has 0 aromatic heterocycles. The summed E-state index contributed by atoms with van der Waals surface area (Å²) in [4.78, 5) is 24.8. The summed E-state index contributed by atoms with van der Waals surface area (Å²) < 4.78 is 0. The van der Waals surface area contributed by atoms with Crippen molar-refractivity contribution in [1.82, 2.24) is 15.5 Å². The monoisotopic (exact) mass is 256 g/mol. The van der Waals surface area contributed by atoms with Crippen LogP contribution in [0.15, 0.2) is 0 Å². The van der Waals surface area contributed by atoms with E-state index >= 15 is 0 Å². The minimum absolute atomic E-state index is 0.00996. The Hall–Kier alpha value is -1.14. The van der Waals surface area contributed by atoms with Crippen LogP contribution in [0.1, 0.15) is 19.8 Å². The smallest absolute Gasteiger partial charge is 0.224 e. The van der Waals surface area contributed by atoms with E-state index in [0.717, 1.165) is 32.5 Å². The van der Waals surface area contributed by atoms with Crippen LogP contribution in [0.25, 0.3) is 0 Å². The van der Waals surface area contributed by atoms with Gasteiger partial charge in [-0.1, -0.05) is 0 Å². The predicted octanol–water partition coefficient (Wildman–Crippen LogP) is -1.09. The van der Waals surface area contributed by atoms with Gasteiger partial charge in [0.25, 0.3) is 0 Å². The van der Waals surface area contributed by atoms with Crippen LogP contribution in [0.5, 0.6) is 0 Å².